The number of hydrogen-bond acceptors (Lipinski definition) is 3. The van der Waals surface area contributed by atoms with Crippen LogP contribution in [0, 0.1) is 0 Å². The van der Waals surface area contributed by atoms with Crippen molar-refractivity contribution in [1.29, 1.82) is 0 Å². The molecule has 8 heteroatoms. The van der Waals surface area contributed by atoms with Crippen molar-refractivity contribution in [1.82, 2.24) is 15.1 Å². The van der Waals surface area contributed by atoms with Crippen LogP contribution in [0.4, 0.5) is 0 Å². The lowest BCUT2D eigenvalue weighted by molar-refractivity contribution is -0.139. The van der Waals surface area contributed by atoms with Crippen LogP contribution in [0.5, 0.6) is 0 Å². The standard InChI is InChI=1S/C16H15Cl2N3O3/c17-11-2-3-13(12(18)6-11)21-9-10(8-19-21)15(24)20-16(4-1-5-16)7-14(22)23/h2-3,6,8-9H,1,4-5,7H2,(H,20,24)(H,22,23). The van der Waals surface area contributed by atoms with Gasteiger partial charge in [0.05, 0.1) is 34.4 Å². The summed E-state index contributed by atoms with van der Waals surface area (Å²) in [6.07, 6.45) is 5.15. The Kier molecular flexibility index (Phi) is 4.51. The summed E-state index contributed by atoms with van der Waals surface area (Å²) in [6.45, 7) is 0. The van der Waals surface area contributed by atoms with E-state index in [-0.39, 0.29) is 12.3 Å². The molecule has 1 heterocycles. The molecule has 0 unspecified atom stereocenters. The van der Waals surface area contributed by atoms with Crippen LogP contribution >= 0.6 is 23.2 Å². The summed E-state index contributed by atoms with van der Waals surface area (Å²) in [5, 5.41) is 16.9. The third-order valence-electron chi connectivity index (χ3n) is 4.18. The molecule has 126 valence electrons. The fourth-order valence-corrected chi connectivity index (χ4v) is 3.29. The number of amides is 1. The van der Waals surface area contributed by atoms with E-state index in [0.717, 1.165) is 6.42 Å². The molecule has 0 atom stereocenters. The Hall–Kier alpha value is -2.05. The molecular formula is C16H15Cl2N3O3. The Labute approximate surface area is 148 Å². The van der Waals surface area contributed by atoms with Crippen LogP contribution in [0.2, 0.25) is 10.0 Å². The maximum atomic E-state index is 12.4. The Morgan fingerprint density at radius 2 is 2.08 bits per heavy atom. The third-order valence-corrected chi connectivity index (χ3v) is 4.72. The van der Waals surface area contributed by atoms with Crippen LogP contribution in [0.3, 0.4) is 0 Å². The highest BCUT2D eigenvalue weighted by molar-refractivity contribution is 6.35. The maximum Gasteiger partial charge on any atom is 0.305 e. The van der Waals surface area contributed by atoms with Crippen LogP contribution in [-0.2, 0) is 4.79 Å². The van der Waals surface area contributed by atoms with E-state index in [1.165, 1.54) is 10.9 Å². The van der Waals surface area contributed by atoms with Crippen LogP contribution in [0.15, 0.2) is 30.6 Å². The molecule has 1 aromatic heterocycles. The summed E-state index contributed by atoms with van der Waals surface area (Å²) in [6, 6.07) is 4.98. The molecule has 0 radical (unpaired) electrons. The van der Waals surface area contributed by atoms with Gasteiger partial charge in [0.1, 0.15) is 0 Å². The van der Waals surface area contributed by atoms with Crippen molar-refractivity contribution in [2.45, 2.75) is 31.2 Å². The summed E-state index contributed by atoms with van der Waals surface area (Å²) in [7, 11) is 0. The zero-order valence-electron chi connectivity index (χ0n) is 12.6. The van der Waals surface area contributed by atoms with E-state index in [1.54, 1.807) is 24.4 Å². The Morgan fingerprint density at radius 3 is 2.67 bits per heavy atom. The highest BCUT2D eigenvalue weighted by atomic mass is 35.5. The van der Waals surface area contributed by atoms with Gasteiger partial charge in [0.15, 0.2) is 0 Å². The van der Waals surface area contributed by atoms with Crippen molar-refractivity contribution in [3.63, 3.8) is 0 Å². The summed E-state index contributed by atoms with van der Waals surface area (Å²) in [5.74, 6) is -1.26. The number of hydrogen-bond donors (Lipinski definition) is 2. The zero-order chi connectivity index (χ0) is 17.3. The molecule has 1 saturated carbocycles. The lowest BCUT2D eigenvalue weighted by Gasteiger charge is -2.41. The minimum absolute atomic E-state index is 0.0735. The summed E-state index contributed by atoms with van der Waals surface area (Å²) in [5.41, 5.74) is 0.296. The number of carbonyl (C=O) groups excluding carboxylic acids is 1. The average Bonchev–Trinajstić information content (AvgIpc) is 2.94. The number of nitrogens with one attached hydrogen (secondary N) is 1. The first-order chi connectivity index (χ1) is 11.4. The fourth-order valence-electron chi connectivity index (χ4n) is 2.79. The Balaban J connectivity index is 1.77. The van der Waals surface area contributed by atoms with Gasteiger partial charge in [-0.25, -0.2) is 4.68 Å². The quantitative estimate of drug-likeness (QED) is 0.848. The van der Waals surface area contributed by atoms with E-state index < -0.39 is 11.5 Å². The number of nitrogens with zero attached hydrogens (tertiary/aromatic N) is 2. The van der Waals surface area contributed by atoms with E-state index >= 15 is 0 Å². The van der Waals surface area contributed by atoms with Gasteiger partial charge in [0.2, 0.25) is 0 Å². The van der Waals surface area contributed by atoms with Gasteiger partial charge in [-0.15, -0.1) is 0 Å². The topological polar surface area (TPSA) is 84.2 Å². The summed E-state index contributed by atoms with van der Waals surface area (Å²) >= 11 is 12.0. The molecule has 0 spiro atoms. The molecule has 0 saturated heterocycles. The van der Waals surface area contributed by atoms with Gasteiger partial charge in [0, 0.05) is 11.2 Å². The summed E-state index contributed by atoms with van der Waals surface area (Å²) in [4.78, 5) is 23.4. The smallest absolute Gasteiger partial charge is 0.305 e. The fraction of sp³-hybridized carbons (Fsp3) is 0.312. The first-order valence-corrected chi connectivity index (χ1v) is 8.19. The molecule has 1 aliphatic carbocycles. The van der Waals surface area contributed by atoms with Crippen LogP contribution in [0.25, 0.3) is 5.69 Å². The van der Waals surface area contributed by atoms with E-state index in [0.29, 0.717) is 34.1 Å². The van der Waals surface area contributed by atoms with Gasteiger partial charge >= 0.3 is 5.97 Å². The highest BCUT2D eigenvalue weighted by Crippen LogP contribution is 2.35. The molecule has 24 heavy (non-hydrogen) atoms. The number of benzene rings is 1. The van der Waals surface area contributed by atoms with Gasteiger partial charge in [-0.1, -0.05) is 23.2 Å². The number of carboxylic acid groups (broad SMARTS) is 1. The van der Waals surface area contributed by atoms with Gasteiger partial charge in [0.25, 0.3) is 5.91 Å². The van der Waals surface area contributed by atoms with Gasteiger partial charge in [-0.3, -0.25) is 9.59 Å². The number of aromatic nitrogens is 2. The Morgan fingerprint density at radius 1 is 1.33 bits per heavy atom. The molecule has 2 aromatic rings. The van der Waals surface area contributed by atoms with Crippen molar-refractivity contribution in [3.05, 3.63) is 46.2 Å². The molecule has 6 nitrogen and oxygen atoms in total. The van der Waals surface area contributed by atoms with Gasteiger partial charge < -0.3 is 10.4 Å². The molecule has 2 N–H and O–H groups in total. The van der Waals surface area contributed by atoms with Crippen molar-refractivity contribution in [2.75, 3.05) is 0 Å². The molecule has 1 fully saturated rings. The highest BCUT2D eigenvalue weighted by Gasteiger charge is 2.40. The molecular weight excluding hydrogens is 353 g/mol. The van der Waals surface area contributed by atoms with E-state index in [9.17, 15) is 9.59 Å². The third kappa shape index (κ3) is 3.39. The monoisotopic (exact) mass is 367 g/mol. The predicted molar refractivity (Wildman–Crippen MR) is 89.9 cm³/mol. The molecule has 3 rings (SSSR count). The first-order valence-electron chi connectivity index (χ1n) is 7.43. The predicted octanol–water partition coefficient (Wildman–Crippen LogP) is 3.31. The van der Waals surface area contributed by atoms with Crippen molar-refractivity contribution < 1.29 is 14.7 Å². The van der Waals surface area contributed by atoms with Crippen molar-refractivity contribution in [2.24, 2.45) is 0 Å². The van der Waals surface area contributed by atoms with E-state index in [4.69, 9.17) is 28.3 Å². The van der Waals surface area contributed by atoms with E-state index in [2.05, 4.69) is 10.4 Å². The normalized spacial score (nSPS) is 15.6. The Bertz CT molecular complexity index is 800. The van der Waals surface area contributed by atoms with Crippen LogP contribution in [-0.4, -0.2) is 32.3 Å². The number of aliphatic carboxylic acids is 1. The van der Waals surface area contributed by atoms with Crippen molar-refractivity contribution >= 4 is 35.1 Å². The SMILES string of the molecule is O=C(O)CC1(NC(=O)c2cnn(-c3ccc(Cl)cc3Cl)c2)CCC1. The maximum absolute atomic E-state index is 12.4. The first kappa shape index (κ1) is 16.8. The number of carbonyl (C=O) groups is 2. The number of carboxylic acids is 1. The van der Waals surface area contributed by atoms with E-state index in [1.807, 2.05) is 0 Å². The number of halogens is 2. The van der Waals surface area contributed by atoms with Crippen molar-refractivity contribution in [3.8, 4) is 5.69 Å². The lowest BCUT2D eigenvalue weighted by atomic mass is 9.74. The second-order valence-electron chi connectivity index (χ2n) is 5.93. The molecule has 0 aliphatic heterocycles. The summed E-state index contributed by atoms with van der Waals surface area (Å²) < 4.78 is 1.48. The van der Waals surface area contributed by atoms with Gasteiger partial charge in [-0.2, -0.15) is 5.10 Å². The minimum atomic E-state index is -0.918. The number of rotatable bonds is 5. The second kappa shape index (κ2) is 6.45. The molecule has 0 bridgehead atoms. The largest absolute Gasteiger partial charge is 0.481 e. The molecule has 1 aromatic carbocycles. The minimum Gasteiger partial charge on any atom is -0.481 e. The molecule has 1 amide bonds. The molecule has 1 aliphatic rings. The average molecular weight is 368 g/mol. The van der Waals surface area contributed by atoms with Gasteiger partial charge in [-0.05, 0) is 37.5 Å². The second-order valence-corrected chi connectivity index (χ2v) is 6.77. The zero-order valence-corrected chi connectivity index (χ0v) is 14.1. The van der Waals surface area contributed by atoms with Crippen LogP contribution in [0.1, 0.15) is 36.0 Å². The lowest BCUT2D eigenvalue weighted by Crippen LogP contribution is -2.54. The van der Waals surface area contributed by atoms with Crippen LogP contribution < -0.4 is 5.32 Å².